The molecule has 1 unspecified atom stereocenters. The molecule has 0 fully saturated rings. The Morgan fingerprint density at radius 2 is 1.81 bits per heavy atom. The van der Waals surface area contributed by atoms with Gasteiger partial charge >= 0.3 is 6.18 Å². The maximum Gasteiger partial charge on any atom is 0.416 e. The number of rotatable bonds is 3. The van der Waals surface area contributed by atoms with Gasteiger partial charge in [-0.2, -0.15) is 13.2 Å². The van der Waals surface area contributed by atoms with E-state index >= 15 is 0 Å². The minimum atomic E-state index is -4.29. The van der Waals surface area contributed by atoms with Crippen molar-refractivity contribution in [2.24, 2.45) is 5.73 Å². The molecule has 0 aliphatic rings. The molecular weight excluding hydrogens is 215 g/mol. The van der Waals surface area contributed by atoms with E-state index in [4.69, 9.17) is 5.73 Å². The molecule has 0 saturated carbocycles. The molecule has 1 atom stereocenters. The van der Waals surface area contributed by atoms with Gasteiger partial charge in [0.25, 0.3) is 0 Å². The molecule has 1 rings (SSSR count). The average Bonchev–Trinajstić information content (AvgIpc) is 2.15. The molecule has 1 aromatic rings. The molecule has 4 heteroatoms. The first-order valence-electron chi connectivity index (χ1n) is 4.88. The van der Waals surface area contributed by atoms with Crippen molar-refractivity contribution >= 4 is 0 Å². The molecule has 88 valence electrons. The van der Waals surface area contributed by atoms with Gasteiger partial charge in [-0.05, 0) is 31.0 Å². The van der Waals surface area contributed by atoms with Crippen LogP contribution in [0.1, 0.15) is 30.5 Å². The lowest BCUT2D eigenvalue weighted by molar-refractivity contribution is -0.137. The van der Waals surface area contributed by atoms with Gasteiger partial charge in [0.15, 0.2) is 0 Å². The first-order valence-corrected chi connectivity index (χ1v) is 4.88. The Balaban J connectivity index is 2.83. The highest BCUT2D eigenvalue weighted by Crippen LogP contribution is 2.30. The summed E-state index contributed by atoms with van der Waals surface area (Å²) in [5.41, 5.74) is 6.76. The van der Waals surface area contributed by atoms with Crippen LogP contribution in [0.15, 0.2) is 36.4 Å². The van der Waals surface area contributed by atoms with Crippen molar-refractivity contribution in [1.82, 2.24) is 0 Å². The largest absolute Gasteiger partial charge is 0.416 e. The lowest BCUT2D eigenvalue weighted by atomic mass is 10.00. The van der Waals surface area contributed by atoms with Crippen LogP contribution < -0.4 is 5.73 Å². The first-order chi connectivity index (χ1) is 7.30. The highest BCUT2D eigenvalue weighted by Gasteiger charge is 2.30. The Labute approximate surface area is 92.8 Å². The van der Waals surface area contributed by atoms with E-state index in [0.29, 0.717) is 12.0 Å². The van der Waals surface area contributed by atoms with E-state index in [9.17, 15) is 13.2 Å². The summed E-state index contributed by atoms with van der Waals surface area (Å²) >= 11 is 0. The van der Waals surface area contributed by atoms with E-state index in [1.54, 1.807) is 0 Å². The molecule has 0 aromatic heterocycles. The Bertz CT molecular complexity index is 365. The molecule has 0 amide bonds. The summed E-state index contributed by atoms with van der Waals surface area (Å²) in [5, 5.41) is 0. The van der Waals surface area contributed by atoms with E-state index in [-0.39, 0.29) is 6.04 Å². The lowest BCUT2D eigenvalue weighted by Gasteiger charge is -2.13. The first kappa shape index (κ1) is 12.8. The number of hydrogen-bond acceptors (Lipinski definition) is 1. The van der Waals surface area contributed by atoms with Crippen LogP contribution in [0, 0.1) is 0 Å². The Hall–Kier alpha value is -1.29. The second-order valence-electron chi connectivity index (χ2n) is 3.89. The third-order valence-electron chi connectivity index (χ3n) is 2.23. The second kappa shape index (κ2) is 4.70. The van der Waals surface area contributed by atoms with Gasteiger partial charge in [-0.3, -0.25) is 0 Å². The second-order valence-corrected chi connectivity index (χ2v) is 3.89. The summed E-state index contributed by atoms with van der Waals surface area (Å²) in [7, 11) is 0. The monoisotopic (exact) mass is 229 g/mol. The van der Waals surface area contributed by atoms with Gasteiger partial charge in [-0.15, -0.1) is 6.58 Å². The minimum absolute atomic E-state index is 0.292. The fourth-order valence-corrected chi connectivity index (χ4v) is 1.41. The standard InChI is InChI=1S/C12H14F3N/c1-8(2)7-11(16)9-3-5-10(6-4-9)12(13,14)15/h3-6,11H,1,7,16H2,2H3. The molecule has 1 nitrogen and oxygen atoms in total. The summed E-state index contributed by atoms with van der Waals surface area (Å²) in [4.78, 5) is 0. The molecule has 0 radical (unpaired) electrons. The Kier molecular flexibility index (Phi) is 3.75. The number of nitrogens with two attached hydrogens (primary N) is 1. The zero-order valence-corrected chi connectivity index (χ0v) is 9.01. The van der Waals surface area contributed by atoms with E-state index < -0.39 is 11.7 Å². The van der Waals surface area contributed by atoms with E-state index in [0.717, 1.165) is 17.7 Å². The summed E-state index contributed by atoms with van der Waals surface area (Å²) in [6, 6.07) is 4.63. The lowest BCUT2D eigenvalue weighted by Crippen LogP contribution is -2.11. The minimum Gasteiger partial charge on any atom is -0.324 e. The molecule has 0 bridgehead atoms. The Morgan fingerprint density at radius 3 is 2.19 bits per heavy atom. The predicted octanol–water partition coefficient (Wildman–Crippen LogP) is 3.67. The third kappa shape index (κ3) is 3.38. The molecule has 0 aliphatic heterocycles. The predicted molar refractivity (Wildman–Crippen MR) is 57.8 cm³/mol. The van der Waals surface area contributed by atoms with Gasteiger partial charge in [0, 0.05) is 6.04 Å². The van der Waals surface area contributed by atoms with Gasteiger partial charge in [0.2, 0.25) is 0 Å². The van der Waals surface area contributed by atoms with Crippen LogP contribution in [0.5, 0.6) is 0 Å². The molecule has 0 spiro atoms. The number of hydrogen-bond donors (Lipinski definition) is 1. The fourth-order valence-electron chi connectivity index (χ4n) is 1.41. The van der Waals surface area contributed by atoms with Crippen LogP contribution in [0.4, 0.5) is 13.2 Å². The molecule has 2 N–H and O–H groups in total. The van der Waals surface area contributed by atoms with E-state index in [1.807, 2.05) is 6.92 Å². The highest BCUT2D eigenvalue weighted by molar-refractivity contribution is 5.27. The molecule has 0 aliphatic carbocycles. The van der Waals surface area contributed by atoms with Crippen molar-refractivity contribution in [2.45, 2.75) is 25.6 Å². The number of alkyl halides is 3. The van der Waals surface area contributed by atoms with Gasteiger partial charge in [-0.25, -0.2) is 0 Å². The SMILES string of the molecule is C=C(C)CC(N)c1ccc(C(F)(F)F)cc1. The number of halogens is 3. The maximum atomic E-state index is 12.3. The van der Waals surface area contributed by atoms with Gasteiger partial charge in [-0.1, -0.05) is 17.7 Å². The van der Waals surface area contributed by atoms with Crippen LogP contribution >= 0.6 is 0 Å². The van der Waals surface area contributed by atoms with Crippen LogP contribution in [0.2, 0.25) is 0 Å². The zero-order valence-electron chi connectivity index (χ0n) is 9.01. The summed E-state index contributed by atoms with van der Waals surface area (Å²) in [6.07, 6.45) is -3.72. The summed E-state index contributed by atoms with van der Waals surface area (Å²) in [5.74, 6) is 0. The van der Waals surface area contributed by atoms with Crippen LogP contribution in [0.25, 0.3) is 0 Å². The van der Waals surface area contributed by atoms with Crippen molar-refractivity contribution in [3.63, 3.8) is 0 Å². The van der Waals surface area contributed by atoms with Gasteiger partial charge < -0.3 is 5.73 Å². The molecular formula is C12H14F3N. The van der Waals surface area contributed by atoms with Crippen LogP contribution in [-0.2, 0) is 6.18 Å². The van der Waals surface area contributed by atoms with Crippen molar-refractivity contribution < 1.29 is 13.2 Å². The summed E-state index contributed by atoms with van der Waals surface area (Å²) in [6.45, 7) is 5.55. The van der Waals surface area contributed by atoms with Crippen molar-refractivity contribution in [3.05, 3.63) is 47.5 Å². The topological polar surface area (TPSA) is 26.0 Å². The number of benzene rings is 1. The average molecular weight is 229 g/mol. The maximum absolute atomic E-state index is 12.3. The molecule has 16 heavy (non-hydrogen) atoms. The van der Waals surface area contributed by atoms with Crippen molar-refractivity contribution in [3.8, 4) is 0 Å². The highest BCUT2D eigenvalue weighted by atomic mass is 19.4. The van der Waals surface area contributed by atoms with Crippen molar-refractivity contribution in [1.29, 1.82) is 0 Å². The fraction of sp³-hybridized carbons (Fsp3) is 0.333. The van der Waals surface area contributed by atoms with E-state index in [1.165, 1.54) is 12.1 Å². The Morgan fingerprint density at radius 1 is 1.31 bits per heavy atom. The van der Waals surface area contributed by atoms with Crippen LogP contribution in [-0.4, -0.2) is 0 Å². The van der Waals surface area contributed by atoms with Gasteiger partial charge in [0.1, 0.15) is 0 Å². The molecule has 1 aromatic carbocycles. The quantitative estimate of drug-likeness (QED) is 0.786. The smallest absolute Gasteiger partial charge is 0.324 e. The molecule has 0 saturated heterocycles. The third-order valence-corrected chi connectivity index (χ3v) is 2.23. The van der Waals surface area contributed by atoms with E-state index in [2.05, 4.69) is 6.58 Å². The zero-order chi connectivity index (χ0) is 12.3. The van der Waals surface area contributed by atoms with Gasteiger partial charge in [0.05, 0.1) is 5.56 Å². The molecule has 0 heterocycles. The normalized spacial score (nSPS) is 13.6. The summed E-state index contributed by atoms with van der Waals surface area (Å²) < 4.78 is 36.9. The van der Waals surface area contributed by atoms with Crippen molar-refractivity contribution in [2.75, 3.05) is 0 Å². The van der Waals surface area contributed by atoms with Crippen LogP contribution in [0.3, 0.4) is 0 Å².